The molecule has 0 unspecified atom stereocenters. The van der Waals surface area contributed by atoms with Gasteiger partial charge in [0.25, 0.3) is 5.91 Å². The normalized spacial score (nSPS) is 16.4. The number of benzene rings is 1. The minimum atomic E-state index is -1.13. The highest BCUT2D eigenvalue weighted by molar-refractivity contribution is 5.93. The van der Waals surface area contributed by atoms with E-state index in [4.69, 9.17) is 5.11 Å². The van der Waals surface area contributed by atoms with Gasteiger partial charge in [0.2, 0.25) is 5.88 Å². The number of rotatable bonds is 4. The maximum Gasteiger partial charge on any atom is 0.338 e. The molecule has 1 amide bonds. The second-order valence-corrected chi connectivity index (χ2v) is 8.64. The standard InChI is InChI=1S/C24H23FN6O4/c1-14-5-3-2-4-8-29(14)23(33)20-11-22(32)31-21(27-20)10-19(28-31)17-7-6-16(9-18(17)25)30-13-15(12-26-30)24(34)35/h6-7,9-14,32H,2-5,8H2,1H3,(H,34,35)/t14-/m1/s1. The van der Waals surface area contributed by atoms with Gasteiger partial charge >= 0.3 is 5.97 Å². The smallest absolute Gasteiger partial charge is 0.338 e. The molecule has 2 N–H and O–H groups in total. The average molecular weight is 478 g/mol. The lowest BCUT2D eigenvalue weighted by atomic mass is 10.1. The van der Waals surface area contributed by atoms with E-state index >= 15 is 0 Å². The largest absolute Gasteiger partial charge is 0.493 e. The molecule has 4 aromatic rings. The van der Waals surface area contributed by atoms with Gasteiger partial charge in [-0.25, -0.2) is 18.9 Å². The number of aromatic hydroxyl groups is 1. The van der Waals surface area contributed by atoms with Gasteiger partial charge in [0, 0.05) is 42.5 Å². The van der Waals surface area contributed by atoms with Gasteiger partial charge in [-0.1, -0.05) is 12.8 Å². The van der Waals surface area contributed by atoms with Crippen molar-refractivity contribution in [2.75, 3.05) is 6.54 Å². The summed E-state index contributed by atoms with van der Waals surface area (Å²) in [7, 11) is 0. The molecule has 1 atom stereocenters. The zero-order chi connectivity index (χ0) is 24.7. The summed E-state index contributed by atoms with van der Waals surface area (Å²) in [6.45, 7) is 2.65. The fourth-order valence-electron chi connectivity index (χ4n) is 4.35. The summed E-state index contributed by atoms with van der Waals surface area (Å²) in [6, 6.07) is 7.12. The Morgan fingerprint density at radius 2 is 1.97 bits per heavy atom. The van der Waals surface area contributed by atoms with Crippen molar-refractivity contribution in [3.8, 4) is 22.8 Å². The van der Waals surface area contributed by atoms with Gasteiger partial charge in [0.05, 0.1) is 23.1 Å². The van der Waals surface area contributed by atoms with E-state index in [1.165, 1.54) is 41.3 Å². The zero-order valence-corrected chi connectivity index (χ0v) is 18.9. The number of carbonyl (C=O) groups is 2. The van der Waals surface area contributed by atoms with E-state index in [2.05, 4.69) is 15.2 Å². The number of fused-ring (bicyclic) bond motifs is 1. The molecular formula is C24H23FN6O4. The van der Waals surface area contributed by atoms with Crippen LogP contribution in [0.4, 0.5) is 4.39 Å². The third-order valence-electron chi connectivity index (χ3n) is 6.26. The Bertz CT molecular complexity index is 1450. The van der Waals surface area contributed by atoms with E-state index in [-0.39, 0.29) is 46.0 Å². The maximum atomic E-state index is 15.0. The van der Waals surface area contributed by atoms with Crippen LogP contribution in [0.1, 0.15) is 53.5 Å². The maximum absolute atomic E-state index is 15.0. The first kappa shape index (κ1) is 22.5. The van der Waals surface area contributed by atoms with E-state index in [9.17, 15) is 19.1 Å². The van der Waals surface area contributed by atoms with Crippen molar-refractivity contribution in [3.05, 3.63) is 59.8 Å². The number of aromatic carboxylic acids is 1. The number of likely N-dealkylation sites (tertiary alicyclic amines) is 1. The van der Waals surface area contributed by atoms with Crippen LogP contribution >= 0.6 is 0 Å². The first-order valence-electron chi connectivity index (χ1n) is 11.3. The van der Waals surface area contributed by atoms with E-state index < -0.39 is 11.8 Å². The molecule has 1 aliphatic heterocycles. The second-order valence-electron chi connectivity index (χ2n) is 8.64. The van der Waals surface area contributed by atoms with E-state index in [1.54, 1.807) is 11.0 Å². The van der Waals surface area contributed by atoms with Gasteiger partial charge in [0.1, 0.15) is 11.5 Å². The average Bonchev–Trinajstić information content (AvgIpc) is 3.43. The summed E-state index contributed by atoms with van der Waals surface area (Å²) >= 11 is 0. The van der Waals surface area contributed by atoms with Crippen LogP contribution in [0.25, 0.3) is 22.6 Å². The van der Waals surface area contributed by atoms with Crippen LogP contribution in [-0.4, -0.2) is 64.0 Å². The molecule has 35 heavy (non-hydrogen) atoms. The summed E-state index contributed by atoms with van der Waals surface area (Å²) in [5.41, 5.74) is 1.01. The van der Waals surface area contributed by atoms with Crippen molar-refractivity contribution in [2.24, 2.45) is 0 Å². The monoisotopic (exact) mass is 478 g/mol. The van der Waals surface area contributed by atoms with E-state index in [1.807, 2.05) is 6.92 Å². The van der Waals surface area contributed by atoms with Gasteiger partial charge < -0.3 is 15.1 Å². The number of carboxylic acids is 1. The number of amides is 1. The van der Waals surface area contributed by atoms with E-state index in [0.717, 1.165) is 30.2 Å². The van der Waals surface area contributed by atoms with Crippen molar-refractivity contribution < 1.29 is 24.2 Å². The van der Waals surface area contributed by atoms with Crippen molar-refractivity contribution in [3.63, 3.8) is 0 Å². The highest BCUT2D eigenvalue weighted by Crippen LogP contribution is 2.27. The molecule has 5 rings (SSSR count). The van der Waals surface area contributed by atoms with Gasteiger partial charge in [-0.15, -0.1) is 0 Å². The molecule has 0 saturated carbocycles. The summed E-state index contributed by atoms with van der Waals surface area (Å²) in [4.78, 5) is 30.4. The Hall–Kier alpha value is -4.28. The molecule has 10 nitrogen and oxygen atoms in total. The fourth-order valence-corrected chi connectivity index (χ4v) is 4.35. The third kappa shape index (κ3) is 4.20. The number of nitrogens with zero attached hydrogens (tertiary/aromatic N) is 6. The first-order valence-corrected chi connectivity index (χ1v) is 11.3. The topological polar surface area (TPSA) is 126 Å². The molecule has 180 valence electrons. The number of halogens is 1. The minimum absolute atomic E-state index is 0.0173. The Kier molecular flexibility index (Phi) is 5.67. The SMILES string of the molecule is C[C@@H]1CCCCCN1C(=O)c1cc(O)n2nc(-c3ccc(-n4cc(C(=O)O)cn4)cc3F)cc2n1. The van der Waals surface area contributed by atoms with Crippen LogP contribution in [0.15, 0.2) is 42.7 Å². The van der Waals surface area contributed by atoms with Crippen LogP contribution in [0.5, 0.6) is 5.88 Å². The molecule has 1 aliphatic rings. The predicted molar refractivity (Wildman–Crippen MR) is 123 cm³/mol. The molecule has 1 fully saturated rings. The van der Waals surface area contributed by atoms with Gasteiger partial charge in [-0.2, -0.15) is 14.7 Å². The summed E-state index contributed by atoms with van der Waals surface area (Å²) in [6.07, 6.45) is 6.45. The lowest BCUT2D eigenvalue weighted by Crippen LogP contribution is -2.38. The molecule has 1 aromatic carbocycles. The fraction of sp³-hybridized carbons (Fsp3) is 0.292. The first-order chi connectivity index (χ1) is 16.8. The van der Waals surface area contributed by atoms with E-state index in [0.29, 0.717) is 12.2 Å². The Balaban J connectivity index is 1.47. The van der Waals surface area contributed by atoms with Crippen LogP contribution in [0.3, 0.4) is 0 Å². The van der Waals surface area contributed by atoms with Gasteiger partial charge in [0.15, 0.2) is 5.65 Å². The van der Waals surface area contributed by atoms with Crippen molar-refractivity contribution >= 4 is 17.5 Å². The third-order valence-corrected chi connectivity index (χ3v) is 6.26. The molecule has 0 aliphatic carbocycles. The molecule has 3 aromatic heterocycles. The van der Waals surface area contributed by atoms with Gasteiger partial charge in [-0.05, 0) is 31.9 Å². The second kappa shape index (κ2) is 8.82. The number of hydrogen-bond donors (Lipinski definition) is 2. The van der Waals surface area contributed by atoms with Crippen LogP contribution in [0, 0.1) is 5.82 Å². The van der Waals surface area contributed by atoms with Crippen molar-refractivity contribution in [1.82, 2.24) is 29.3 Å². The summed E-state index contributed by atoms with van der Waals surface area (Å²) < 4.78 is 17.4. The van der Waals surface area contributed by atoms with Crippen molar-refractivity contribution in [1.29, 1.82) is 0 Å². The molecule has 0 radical (unpaired) electrons. The Labute approximate surface area is 199 Å². The molecule has 4 heterocycles. The predicted octanol–water partition coefficient (Wildman–Crippen LogP) is 3.53. The molecule has 11 heteroatoms. The highest BCUT2D eigenvalue weighted by atomic mass is 19.1. The van der Waals surface area contributed by atoms with Crippen LogP contribution < -0.4 is 0 Å². The zero-order valence-electron chi connectivity index (χ0n) is 18.9. The summed E-state index contributed by atoms with van der Waals surface area (Å²) in [5, 5.41) is 27.8. The number of hydrogen-bond acceptors (Lipinski definition) is 6. The molecular weight excluding hydrogens is 455 g/mol. The quantitative estimate of drug-likeness (QED) is 0.460. The highest BCUT2D eigenvalue weighted by Gasteiger charge is 2.25. The minimum Gasteiger partial charge on any atom is -0.493 e. The lowest BCUT2D eigenvalue weighted by Gasteiger charge is -2.26. The Morgan fingerprint density at radius 3 is 2.71 bits per heavy atom. The molecule has 0 spiro atoms. The number of carbonyl (C=O) groups excluding carboxylic acids is 1. The van der Waals surface area contributed by atoms with Gasteiger partial charge in [-0.3, -0.25) is 4.79 Å². The summed E-state index contributed by atoms with van der Waals surface area (Å²) in [5.74, 6) is -2.28. The van der Waals surface area contributed by atoms with Crippen LogP contribution in [-0.2, 0) is 0 Å². The van der Waals surface area contributed by atoms with Crippen molar-refractivity contribution in [2.45, 2.75) is 38.6 Å². The number of carboxylic acid groups (broad SMARTS) is 1. The number of aromatic nitrogens is 5. The molecule has 0 bridgehead atoms. The molecule has 1 saturated heterocycles. The lowest BCUT2D eigenvalue weighted by molar-refractivity contribution is 0.0684. The van der Waals surface area contributed by atoms with Crippen LogP contribution in [0.2, 0.25) is 0 Å². The Morgan fingerprint density at radius 1 is 1.14 bits per heavy atom.